The first kappa shape index (κ1) is 26.7. The van der Waals surface area contributed by atoms with Crippen LogP contribution in [0.3, 0.4) is 0 Å². The fourth-order valence-electron chi connectivity index (χ4n) is 5.20. The summed E-state index contributed by atoms with van der Waals surface area (Å²) in [5, 5.41) is 8.40. The lowest BCUT2D eigenvalue weighted by Crippen LogP contribution is -2.41. The molecule has 1 aliphatic heterocycles. The molecule has 1 amide bonds. The molecule has 1 saturated heterocycles. The molecule has 6 rings (SSSR count). The van der Waals surface area contributed by atoms with Gasteiger partial charge in [0.25, 0.3) is 11.5 Å². The van der Waals surface area contributed by atoms with Gasteiger partial charge in [-0.05, 0) is 69.7 Å². The standard InChI is InChI=1S/C30H31BN6O4/c1-18(34-27(38)24-25(32)35-36-16-10-15-33-26(24)36)22-17-19-11-9-14-21(31-40-29(2,3)30(4,5)41-31)23(19)28(39)37(22)20-12-7-6-8-13-20/h6-18H,1-5H3,(H2,32,35)(H,34,38). The van der Waals surface area contributed by atoms with Crippen LogP contribution in [0.15, 0.2) is 77.9 Å². The number of amides is 1. The largest absolute Gasteiger partial charge is 0.495 e. The molecular weight excluding hydrogens is 519 g/mol. The second-order valence-electron chi connectivity index (χ2n) is 11.3. The van der Waals surface area contributed by atoms with Crippen LogP contribution in [0.2, 0.25) is 0 Å². The van der Waals surface area contributed by atoms with Crippen molar-refractivity contribution in [3.8, 4) is 5.69 Å². The van der Waals surface area contributed by atoms with Crippen molar-refractivity contribution in [2.24, 2.45) is 0 Å². The van der Waals surface area contributed by atoms with Crippen LogP contribution in [0, 0.1) is 0 Å². The van der Waals surface area contributed by atoms with Crippen molar-refractivity contribution < 1.29 is 14.1 Å². The lowest BCUT2D eigenvalue weighted by Gasteiger charge is -2.32. The first-order valence-corrected chi connectivity index (χ1v) is 13.5. The Balaban J connectivity index is 1.48. The molecule has 41 heavy (non-hydrogen) atoms. The quantitative estimate of drug-likeness (QED) is 0.321. The zero-order valence-corrected chi connectivity index (χ0v) is 23.6. The molecule has 0 saturated carbocycles. The van der Waals surface area contributed by atoms with Gasteiger partial charge in [0.05, 0.1) is 17.2 Å². The number of pyridine rings is 1. The molecule has 0 bridgehead atoms. The van der Waals surface area contributed by atoms with Crippen LogP contribution in [0.4, 0.5) is 5.82 Å². The van der Waals surface area contributed by atoms with Gasteiger partial charge in [0.1, 0.15) is 5.56 Å². The molecule has 208 valence electrons. The van der Waals surface area contributed by atoms with E-state index >= 15 is 0 Å². The van der Waals surface area contributed by atoms with Crippen LogP contribution < -0.4 is 22.1 Å². The van der Waals surface area contributed by atoms with E-state index in [1.54, 1.807) is 23.0 Å². The van der Waals surface area contributed by atoms with Crippen molar-refractivity contribution >= 4 is 40.7 Å². The number of nitrogens with zero attached hydrogens (tertiary/aromatic N) is 4. The molecule has 2 aromatic carbocycles. The van der Waals surface area contributed by atoms with Crippen LogP contribution in [-0.4, -0.2) is 43.4 Å². The predicted octanol–water partition coefficient (Wildman–Crippen LogP) is 3.41. The minimum atomic E-state index is -0.713. The van der Waals surface area contributed by atoms with E-state index in [-0.39, 0.29) is 16.9 Å². The van der Waals surface area contributed by atoms with Crippen molar-refractivity contribution in [1.82, 2.24) is 24.5 Å². The van der Waals surface area contributed by atoms with Crippen molar-refractivity contribution in [1.29, 1.82) is 0 Å². The monoisotopic (exact) mass is 550 g/mol. The third kappa shape index (κ3) is 4.38. The Labute approximate surface area is 237 Å². The van der Waals surface area contributed by atoms with Crippen molar-refractivity contribution in [3.05, 3.63) is 94.7 Å². The number of aromatic nitrogens is 4. The molecule has 0 spiro atoms. The third-order valence-electron chi connectivity index (χ3n) is 8.07. The van der Waals surface area contributed by atoms with Gasteiger partial charge in [-0.1, -0.05) is 36.4 Å². The Bertz CT molecular complexity index is 1850. The summed E-state index contributed by atoms with van der Waals surface area (Å²) in [5.74, 6) is -0.374. The second-order valence-corrected chi connectivity index (χ2v) is 11.3. The number of para-hydroxylation sites is 1. The maximum atomic E-state index is 14.4. The van der Waals surface area contributed by atoms with E-state index in [0.717, 1.165) is 0 Å². The lowest BCUT2D eigenvalue weighted by atomic mass is 9.76. The molecule has 1 atom stereocenters. The number of nitrogen functional groups attached to an aromatic ring is 1. The fraction of sp³-hybridized carbons (Fsp3) is 0.267. The number of carbonyl (C=O) groups is 1. The maximum absolute atomic E-state index is 14.4. The van der Waals surface area contributed by atoms with Crippen molar-refractivity contribution in [3.63, 3.8) is 0 Å². The Kier molecular flexibility index (Phi) is 6.24. The van der Waals surface area contributed by atoms with Crippen molar-refractivity contribution in [2.75, 3.05) is 5.73 Å². The van der Waals surface area contributed by atoms with Gasteiger partial charge < -0.3 is 20.4 Å². The summed E-state index contributed by atoms with van der Waals surface area (Å²) in [6, 6.07) is 18.0. The predicted molar refractivity (Wildman–Crippen MR) is 159 cm³/mol. The van der Waals surface area contributed by atoms with Crippen LogP contribution in [-0.2, 0) is 9.31 Å². The third-order valence-corrected chi connectivity index (χ3v) is 8.07. The number of benzene rings is 2. The molecule has 3 aromatic heterocycles. The van der Waals surface area contributed by atoms with Crippen LogP contribution >= 0.6 is 0 Å². The van der Waals surface area contributed by atoms with Crippen molar-refractivity contribution in [2.45, 2.75) is 51.9 Å². The number of hydrogen-bond acceptors (Lipinski definition) is 7. The fourth-order valence-corrected chi connectivity index (χ4v) is 5.20. The Hall–Kier alpha value is -4.48. The zero-order valence-electron chi connectivity index (χ0n) is 23.6. The highest BCUT2D eigenvalue weighted by molar-refractivity contribution is 6.65. The van der Waals surface area contributed by atoms with Gasteiger partial charge in [-0.25, -0.2) is 9.50 Å². The Morgan fingerprint density at radius 3 is 2.44 bits per heavy atom. The van der Waals surface area contributed by atoms with E-state index in [0.29, 0.717) is 33.3 Å². The molecule has 10 nitrogen and oxygen atoms in total. The maximum Gasteiger partial charge on any atom is 0.495 e. The summed E-state index contributed by atoms with van der Waals surface area (Å²) in [7, 11) is -0.713. The number of carbonyl (C=O) groups excluding carboxylic acids is 1. The zero-order chi connectivity index (χ0) is 29.1. The second kappa shape index (κ2) is 9.57. The molecule has 1 fully saturated rings. The number of rotatable bonds is 5. The number of nitrogens with one attached hydrogen (secondary N) is 1. The molecule has 0 aliphatic carbocycles. The normalized spacial score (nSPS) is 16.8. The van der Waals surface area contributed by atoms with E-state index in [4.69, 9.17) is 15.0 Å². The van der Waals surface area contributed by atoms with E-state index in [1.165, 1.54) is 4.52 Å². The first-order valence-electron chi connectivity index (χ1n) is 13.5. The number of nitrogens with two attached hydrogens (primary N) is 1. The van der Waals surface area contributed by atoms with Crippen LogP contribution in [0.1, 0.15) is 56.7 Å². The first-order chi connectivity index (χ1) is 19.5. The minimum Gasteiger partial charge on any atom is -0.399 e. The number of anilines is 1. The topological polar surface area (TPSA) is 126 Å². The molecule has 4 heterocycles. The average molecular weight is 550 g/mol. The van der Waals surface area contributed by atoms with E-state index < -0.39 is 30.3 Å². The van der Waals surface area contributed by atoms with Gasteiger partial charge in [0, 0.05) is 29.2 Å². The van der Waals surface area contributed by atoms with Gasteiger partial charge in [-0.3, -0.25) is 14.2 Å². The molecule has 3 N–H and O–H groups in total. The highest BCUT2D eigenvalue weighted by Gasteiger charge is 2.52. The van der Waals surface area contributed by atoms with E-state index in [2.05, 4.69) is 15.4 Å². The van der Waals surface area contributed by atoms with Gasteiger partial charge in [0.15, 0.2) is 11.5 Å². The molecule has 11 heteroatoms. The summed E-state index contributed by atoms with van der Waals surface area (Å²) in [5.41, 5.74) is 7.16. The number of hydrogen-bond donors (Lipinski definition) is 2. The lowest BCUT2D eigenvalue weighted by molar-refractivity contribution is 0.00578. The summed E-state index contributed by atoms with van der Waals surface area (Å²) in [6.45, 7) is 9.75. The summed E-state index contributed by atoms with van der Waals surface area (Å²) >= 11 is 0. The summed E-state index contributed by atoms with van der Waals surface area (Å²) in [6.07, 6.45) is 3.25. The SMILES string of the molecule is CC(NC(=O)c1c(N)nn2cccnc12)c1cc2cccc(B3OC(C)(C)C(C)(C)O3)c2c(=O)n1-c1ccccc1. The molecule has 1 unspecified atom stereocenters. The molecule has 1 aliphatic rings. The van der Waals surface area contributed by atoms with E-state index in [9.17, 15) is 9.59 Å². The Morgan fingerprint density at radius 2 is 1.73 bits per heavy atom. The summed E-state index contributed by atoms with van der Waals surface area (Å²) in [4.78, 5) is 32.1. The highest BCUT2D eigenvalue weighted by atomic mass is 16.7. The van der Waals surface area contributed by atoms with Gasteiger partial charge in [-0.2, -0.15) is 0 Å². The van der Waals surface area contributed by atoms with Gasteiger partial charge in [0.2, 0.25) is 0 Å². The van der Waals surface area contributed by atoms with E-state index in [1.807, 2.05) is 89.2 Å². The highest BCUT2D eigenvalue weighted by Crippen LogP contribution is 2.37. The van der Waals surface area contributed by atoms with Crippen LogP contribution in [0.5, 0.6) is 0 Å². The molecular formula is C30H31BN6O4. The smallest absolute Gasteiger partial charge is 0.399 e. The molecule has 0 radical (unpaired) electrons. The number of fused-ring (bicyclic) bond motifs is 2. The minimum absolute atomic E-state index is 0.0689. The van der Waals surface area contributed by atoms with Gasteiger partial charge >= 0.3 is 7.12 Å². The average Bonchev–Trinajstić information content (AvgIpc) is 3.38. The van der Waals surface area contributed by atoms with Crippen LogP contribution in [0.25, 0.3) is 22.1 Å². The Morgan fingerprint density at radius 1 is 1.02 bits per heavy atom. The summed E-state index contributed by atoms with van der Waals surface area (Å²) < 4.78 is 15.7. The molecule has 5 aromatic rings. The van der Waals surface area contributed by atoms with Gasteiger partial charge in [-0.15, -0.1) is 5.10 Å².